The first kappa shape index (κ1) is 87.1. The summed E-state index contributed by atoms with van der Waals surface area (Å²) in [6, 6.07) is 0. The molecule has 0 fully saturated rings. The van der Waals surface area contributed by atoms with Gasteiger partial charge in [0.05, 0.1) is 41.7 Å². The summed E-state index contributed by atoms with van der Waals surface area (Å²) < 4.78 is 446. The first-order chi connectivity index (χ1) is 50.8. The van der Waals surface area contributed by atoms with E-state index in [1.54, 1.807) is 4.90 Å². The fourth-order valence-corrected chi connectivity index (χ4v) is 14.7. The van der Waals surface area contributed by atoms with Gasteiger partial charge >= 0.3 is 0 Å². The number of hydrogen-bond donors (Lipinski definition) is 1. The number of hydrogen-bond acceptors (Lipinski definition) is 0. The van der Waals surface area contributed by atoms with E-state index in [0.717, 1.165) is 0 Å². The molecule has 590 valence electrons. The van der Waals surface area contributed by atoms with Crippen LogP contribution in [0, 0.1) is 163 Å². The highest BCUT2D eigenvalue weighted by atomic mass is 19.2. The van der Waals surface area contributed by atoms with Gasteiger partial charge in [-0.15, -0.1) is 21.9 Å². The average Bonchev–Trinajstić information content (AvgIpc) is 0.662. The predicted octanol–water partition coefficient (Wildman–Crippen LogP) is 23.6. The highest BCUT2D eigenvalue weighted by Crippen LogP contribution is 2.42. The Hall–Kier alpha value is -7.14. The number of nitrogens with one attached hydrogen (secondary N) is 1. The van der Waals surface area contributed by atoms with Crippen LogP contribution in [-0.4, -0.2) is 26.3 Å². The summed E-state index contributed by atoms with van der Waals surface area (Å²) in [4.78, 5) is 1.78. The number of unbranched alkanes of at least 4 members (excludes halogenated alkanes) is 30. The van der Waals surface area contributed by atoms with Crippen molar-refractivity contribution in [2.24, 2.45) is 0 Å². The Morgan fingerprint density at radius 3 is 0.430 bits per heavy atom. The normalized spacial score (nSPS) is 12.1. The minimum atomic E-state index is -8.05. The van der Waals surface area contributed by atoms with Crippen LogP contribution in [-0.2, 0) is 0 Å². The summed E-state index contributed by atoms with van der Waals surface area (Å²) in [5.74, 6) is -104. The zero-order chi connectivity index (χ0) is 79.2. The van der Waals surface area contributed by atoms with E-state index in [4.69, 9.17) is 0 Å². The lowest BCUT2D eigenvalue weighted by Crippen LogP contribution is -3.09. The van der Waals surface area contributed by atoms with Gasteiger partial charge in [-0.2, -0.15) is 0 Å². The summed E-state index contributed by atoms with van der Waals surface area (Å²) >= 11 is 0. The number of benzene rings is 8. The van der Waals surface area contributed by atoms with E-state index in [-0.39, 0.29) is 0 Å². The van der Waals surface area contributed by atoms with E-state index in [0.29, 0.717) is 0 Å². The van der Waals surface area contributed by atoms with Crippen LogP contribution in [0.3, 0.4) is 0 Å². The Labute approximate surface area is 599 Å². The van der Waals surface area contributed by atoms with Gasteiger partial charge in [-0.25, -0.2) is 123 Å². The molecule has 1 N–H and O–H groups in total. The predicted molar refractivity (Wildman–Crippen MR) is 355 cm³/mol. The Morgan fingerprint density at radius 2 is 0.280 bits per heavy atom. The Kier molecular flexibility index (Phi) is 31.7. The summed E-state index contributed by atoms with van der Waals surface area (Å²) in [7, 11) is 2.43. The fourth-order valence-electron chi connectivity index (χ4n) is 14.7. The van der Waals surface area contributed by atoms with Crippen LogP contribution < -0.4 is 26.8 Å². The molecule has 107 heavy (non-hydrogen) atoms. The van der Waals surface area contributed by atoms with Crippen LogP contribution >= 0.6 is 0 Å². The van der Waals surface area contributed by atoms with Crippen molar-refractivity contribution in [2.75, 3.05) is 20.1 Å². The molecular formula is C77H78BF28N. The van der Waals surface area contributed by atoms with Gasteiger partial charge in [0.2, 0.25) is 0 Å². The summed E-state index contributed by atoms with van der Waals surface area (Å²) in [5.41, 5.74) is -15.5. The minimum Gasteiger partial charge on any atom is -0.337 e. The molecule has 0 spiro atoms. The van der Waals surface area contributed by atoms with E-state index < -0.39 is 234 Å². The van der Waals surface area contributed by atoms with E-state index >= 15 is 105 Å². The second-order valence-corrected chi connectivity index (χ2v) is 27.4. The first-order valence-corrected chi connectivity index (χ1v) is 36.1. The molecule has 0 radical (unpaired) electrons. The molecule has 0 aliphatic heterocycles. The van der Waals surface area contributed by atoms with Crippen molar-refractivity contribution >= 4 is 71.1 Å². The van der Waals surface area contributed by atoms with E-state index in [2.05, 4.69) is 20.9 Å². The van der Waals surface area contributed by atoms with Gasteiger partial charge < -0.3 is 4.90 Å². The zero-order valence-corrected chi connectivity index (χ0v) is 58.7. The molecule has 0 aliphatic carbocycles. The lowest BCUT2D eigenvalue weighted by Gasteiger charge is -2.47. The van der Waals surface area contributed by atoms with Crippen LogP contribution in [0.5, 0.6) is 0 Å². The van der Waals surface area contributed by atoms with Gasteiger partial charge in [0.25, 0.3) is 0 Å². The number of halogens is 28. The highest BCUT2D eigenvalue weighted by molar-refractivity contribution is 7.23. The highest BCUT2D eigenvalue weighted by Gasteiger charge is 2.52. The lowest BCUT2D eigenvalue weighted by molar-refractivity contribution is -0.880. The molecule has 0 atom stereocenters. The maximum Gasteiger partial charge on any atom is 0.198 e. The Balaban J connectivity index is 0.000000358. The SMILES string of the molecule is CCCCCCCCCCCCCCCCCC[NH+](C)CCCCCCCCCCCCCCCCCC.Fc1c(F)c(F)c2c([B-](c3c(F)c(F)c(F)c4c(F)c(F)c(F)c(F)c34)(c3c(F)c(F)c(F)c4c(F)c(F)c(F)c(F)c34)c3c(F)c(F)c(F)c4c(F)c(F)c(F)c(F)c34)c(F)c(F)c(F)c2c1F. The lowest BCUT2D eigenvalue weighted by atomic mass is 9.11. The molecule has 0 aromatic heterocycles. The molecule has 8 aromatic carbocycles. The molecule has 0 amide bonds. The third-order valence-corrected chi connectivity index (χ3v) is 20.2. The summed E-state index contributed by atoms with van der Waals surface area (Å²) in [6.45, 7) is 7.42. The van der Waals surface area contributed by atoms with Crippen molar-refractivity contribution in [2.45, 2.75) is 219 Å². The second kappa shape index (κ2) is 39.0. The maximum absolute atomic E-state index is 17.3. The second-order valence-electron chi connectivity index (χ2n) is 27.4. The topological polar surface area (TPSA) is 4.44 Å². The van der Waals surface area contributed by atoms with Crippen LogP contribution in [0.15, 0.2) is 0 Å². The van der Waals surface area contributed by atoms with Crippen molar-refractivity contribution in [3.8, 4) is 0 Å². The molecule has 0 bridgehead atoms. The van der Waals surface area contributed by atoms with Crippen molar-refractivity contribution in [1.82, 2.24) is 0 Å². The third-order valence-electron chi connectivity index (χ3n) is 20.2. The average molecular weight is 1560 g/mol. The largest absolute Gasteiger partial charge is 0.337 e. The molecule has 0 heterocycles. The van der Waals surface area contributed by atoms with E-state index in [9.17, 15) is 17.6 Å². The molecule has 0 saturated heterocycles. The van der Waals surface area contributed by atoms with E-state index in [1.165, 1.54) is 219 Å². The minimum absolute atomic E-state index is 1.37. The molecule has 0 saturated carbocycles. The van der Waals surface area contributed by atoms with Gasteiger partial charge in [0.15, 0.2) is 140 Å². The Morgan fingerprint density at radius 1 is 0.159 bits per heavy atom. The molecule has 8 aromatic rings. The van der Waals surface area contributed by atoms with Crippen molar-refractivity contribution in [3.63, 3.8) is 0 Å². The van der Waals surface area contributed by atoms with Gasteiger partial charge in [-0.1, -0.05) is 194 Å². The first-order valence-electron chi connectivity index (χ1n) is 36.1. The van der Waals surface area contributed by atoms with Gasteiger partial charge in [-0.05, 0) is 47.2 Å². The molecule has 0 unspecified atom stereocenters. The van der Waals surface area contributed by atoms with Gasteiger partial charge in [-0.3, -0.25) is 0 Å². The van der Waals surface area contributed by atoms with E-state index in [1.807, 2.05) is 0 Å². The fraction of sp³-hybridized carbons (Fsp3) is 0.481. The van der Waals surface area contributed by atoms with Crippen LogP contribution in [0.4, 0.5) is 123 Å². The number of fused-ring (bicyclic) bond motifs is 4. The monoisotopic (exact) mass is 1560 g/mol. The van der Waals surface area contributed by atoms with Gasteiger partial charge in [0, 0.05) is 0 Å². The quantitative estimate of drug-likeness (QED) is 0.0129. The zero-order valence-electron chi connectivity index (χ0n) is 58.7. The molecule has 0 aliphatic rings. The van der Waals surface area contributed by atoms with Crippen molar-refractivity contribution < 1.29 is 128 Å². The van der Waals surface area contributed by atoms with Gasteiger partial charge in [0.1, 0.15) is 29.4 Å². The molecule has 30 heteroatoms. The smallest absolute Gasteiger partial charge is 0.198 e. The van der Waals surface area contributed by atoms with Crippen LogP contribution in [0.25, 0.3) is 43.1 Å². The van der Waals surface area contributed by atoms with Crippen molar-refractivity contribution in [1.29, 1.82) is 0 Å². The number of quaternary nitrogens is 1. The van der Waals surface area contributed by atoms with Crippen LogP contribution in [0.2, 0.25) is 0 Å². The maximum atomic E-state index is 17.3. The molecule has 8 rings (SSSR count). The number of rotatable bonds is 38. The standard InChI is InChI=1S/C40BF28.C37H77N/c42-13-1-5(21(50)37(66)33(13)62)17(46)29(58)25(54)9(1)41(10-2-6(18(47)30(59)26(10)55)22(51)38(67)34(63)14(2)43,11-3-7(19(48)31(60)27(11)56)23(52)39(68)35(64)15(3)44)12-4-8(20(49)32(61)28(12)57)24(53)40(69)36(65)16(4)45;1-4-6-8-10-12-14-16-18-20-22-24-26-28-30-32-34-36-38(3)37-35-33-31-29-27-25-23-21-19-17-15-13-11-9-7-5-2/h;4-37H2,1-3H3/q-1;/p+1. The Bertz CT molecular complexity index is 3940. The summed E-state index contributed by atoms with van der Waals surface area (Å²) in [6.07, 6.45) is 39.0. The molecular weight excluding hydrogens is 1480 g/mol. The van der Waals surface area contributed by atoms with Crippen molar-refractivity contribution in [3.05, 3.63) is 163 Å². The third kappa shape index (κ3) is 17.7. The summed E-state index contributed by atoms with van der Waals surface area (Å²) in [5, 5.41) is -27.0. The van der Waals surface area contributed by atoms with Crippen LogP contribution in [0.1, 0.15) is 219 Å². The molecule has 1 nitrogen and oxygen atoms in total.